The molecule has 0 bridgehead atoms. The van der Waals surface area contributed by atoms with Gasteiger partial charge in [0, 0.05) is 17.1 Å². The maximum atomic E-state index is 12.3. The van der Waals surface area contributed by atoms with Crippen LogP contribution in [0.2, 0.25) is 0 Å². The predicted octanol–water partition coefficient (Wildman–Crippen LogP) is 0.711. The van der Waals surface area contributed by atoms with E-state index in [-0.39, 0.29) is 24.7 Å². The van der Waals surface area contributed by atoms with Crippen molar-refractivity contribution in [3.8, 4) is 0 Å². The summed E-state index contributed by atoms with van der Waals surface area (Å²) >= 11 is 1.58. The van der Waals surface area contributed by atoms with Gasteiger partial charge in [-0.1, -0.05) is 18.2 Å². The van der Waals surface area contributed by atoms with Crippen molar-refractivity contribution in [1.82, 2.24) is 5.32 Å². The Bertz CT molecular complexity index is 576. The van der Waals surface area contributed by atoms with Crippen molar-refractivity contribution < 1.29 is 19.5 Å². The van der Waals surface area contributed by atoms with Crippen LogP contribution in [0, 0.1) is 0 Å². The average Bonchev–Trinajstić information content (AvgIpc) is 2.86. The predicted molar refractivity (Wildman–Crippen MR) is 77.9 cm³/mol. The summed E-state index contributed by atoms with van der Waals surface area (Å²) in [5.41, 5.74) is 5.92. The van der Waals surface area contributed by atoms with Gasteiger partial charge < -0.3 is 16.2 Å². The highest BCUT2D eigenvalue weighted by Gasteiger charge is 2.31. The van der Waals surface area contributed by atoms with Crippen LogP contribution in [0.15, 0.2) is 29.2 Å². The van der Waals surface area contributed by atoms with Gasteiger partial charge in [-0.3, -0.25) is 9.59 Å². The van der Waals surface area contributed by atoms with Crippen LogP contribution in [0.25, 0.3) is 0 Å². The number of primary amides is 1. The number of nitrogens with two attached hydrogens (primary N) is 1. The van der Waals surface area contributed by atoms with Gasteiger partial charge in [-0.2, -0.15) is 0 Å². The monoisotopic (exact) mass is 308 g/mol. The van der Waals surface area contributed by atoms with Crippen molar-refractivity contribution in [3.63, 3.8) is 0 Å². The van der Waals surface area contributed by atoms with E-state index in [9.17, 15) is 14.4 Å². The minimum atomic E-state index is -1.16. The molecule has 1 aromatic carbocycles. The number of nitrogens with one attached hydrogen (secondary N) is 1. The number of rotatable bonds is 6. The number of thioether (sulfide) groups is 1. The largest absolute Gasteiger partial charge is 0.480 e. The van der Waals surface area contributed by atoms with Crippen LogP contribution in [0.3, 0.4) is 0 Å². The van der Waals surface area contributed by atoms with Gasteiger partial charge in [0.05, 0.1) is 5.92 Å². The molecule has 0 aliphatic carbocycles. The number of amides is 2. The summed E-state index contributed by atoms with van der Waals surface area (Å²) in [7, 11) is 0. The molecule has 6 nitrogen and oxygen atoms in total. The lowest BCUT2D eigenvalue weighted by atomic mass is 9.99. The fourth-order valence-corrected chi connectivity index (χ4v) is 3.42. The smallest absolute Gasteiger partial charge is 0.326 e. The van der Waals surface area contributed by atoms with Crippen molar-refractivity contribution in [2.45, 2.75) is 29.7 Å². The first-order chi connectivity index (χ1) is 9.99. The van der Waals surface area contributed by atoms with Crippen LogP contribution in [0.4, 0.5) is 0 Å². The summed E-state index contributed by atoms with van der Waals surface area (Å²) in [6.45, 7) is 0. The summed E-state index contributed by atoms with van der Waals surface area (Å²) < 4.78 is 0. The molecule has 1 heterocycles. The van der Waals surface area contributed by atoms with Crippen molar-refractivity contribution in [2.24, 2.45) is 5.73 Å². The van der Waals surface area contributed by atoms with E-state index in [0.717, 1.165) is 10.5 Å². The number of carboxylic acid groups (broad SMARTS) is 1. The number of carbonyl (C=O) groups is 3. The van der Waals surface area contributed by atoms with E-state index < -0.39 is 17.9 Å². The molecule has 2 atom stereocenters. The van der Waals surface area contributed by atoms with Gasteiger partial charge in [-0.15, -0.1) is 11.8 Å². The second-order valence-electron chi connectivity index (χ2n) is 4.81. The average molecular weight is 308 g/mol. The van der Waals surface area contributed by atoms with Crippen LogP contribution in [-0.2, 0) is 14.4 Å². The molecule has 0 aromatic heterocycles. The van der Waals surface area contributed by atoms with Crippen LogP contribution >= 0.6 is 11.8 Å². The molecule has 2 amide bonds. The third-order valence-electron chi connectivity index (χ3n) is 3.31. The topological polar surface area (TPSA) is 109 Å². The summed E-state index contributed by atoms with van der Waals surface area (Å²) in [6.07, 6.45) is -0.0782. The van der Waals surface area contributed by atoms with Crippen LogP contribution in [-0.4, -0.2) is 34.7 Å². The Morgan fingerprint density at radius 3 is 2.76 bits per heavy atom. The molecule has 1 aliphatic rings. The van der Waals surface area contributed by atoms with E-state index in [4.69, 9.17) is 10.8 Å². The van der Waals surface area contributed by atoms with Gasteiger partial charge in [0.2, 0.25) is 11.8 Å². The molecule has 1 unspecified atom stereocenters. The highest BCUT2D eigenvalue weighted by atomic mass is 32.2. The molecule has 0 saturated carbocycles. The van der Waals surface area contributed by atoms with Crippen LogP contribution in [0.1, 0.15) is 24.3 Å². The normalized spacial score (nSPS) is 17.8. The third-order valence-corrected chi connectivity index (χ3v) is 4.49. The van der Waals surface area contributed by atoms with Gasteiger partial charge in [-0.05, 0) is 18.1 Å². The molecule has 2 rings (SSSR count). The maximum Gasteiger partial charge on any atom is 0.326 e. The fourth-order valence-electron chi connectivity index (χ4n) is 2.20. The molecular formula is C14H16N2O4S. The lowest BCUT2D eigenvalue weighted by Gasteiger charge is -2.17. The minimum Gasteiger partial charge on any atom is -0.480 e. The molecule has 7 heteroatoms. The molecule has 1 aromatic rings. The lowest BCUT2D eigenvalue weighted by molar-refractivity contribution is -0.142. The van der Waals surface area contributed by atoms with Crippen LogP contribution < -0.4 is 11.1 Å². The number of benzene rings is 1. The van der Waals surface area contributed by atoms with Crippen molar-refractivity contribution in [1.29, 1.82) is 0 Å². The highest BCUT2D eigenvalue weighted by molar-refractivity contribution is 7.99. The van der Waals surface area contributed by atoms with Gasteiger partial charge >= 0.3 is 5.97 Å². The zero-order valence-electron chi connectivity index (χ0n) is 11.2. The fraction of sp³-hybridized carbons (Fsp3) is 0.357. The van der Waals surface area contributed by atoms with Crippen molar-refractivity contribution >= 4 is 29.5 Å². The van der Waals surface area contributed by atoms with E-state index in [2.05, 4.69) is 5.32 Å². The molecule has 0 spiro atoms. The van der Waals surface area contributed by atoms with Gasteiger partial charge in [0.1, 0.15) is 6.04 Å². The van der Waals surface area contributed by atoms with Crippen molar-refractivity contribution in [2.75, 3.05) is 5.75 Å². The van der Waals surface area contributed by atoms with E-state index >= 15 is 0 Å². The summed E-state index contributed by atoms with van der Waals surface area (Å²) in [4.78, 5) is 35.2. The van der Waals surface area contributed by atoms with E-state index in [1.165, 1.54) is 0 Å². The molecule has 4 N–H and O–H groups in total. The second kappa shape index (κ2) is 6.62. The molecule has 1 aliphatic heterocycles. The molecule has 112 valence electrons. The van der Waals surface area contributed by atoms with E-state index in [1.807, 2.05) is 24.3 Å². The number of aliphatic carboxylic acids is 1. The molecule has 0 saturated heterocycles. The van der Waals surface area contributed by atoms with E-state index in [0.29, 0.717) is 5.75 Å². The Kier molecular flexibility index (Phi) is 4.85. The number of carbonyl (C=O) groups excluding carboxylic acids is 2. The standard InChI is InChI=1S/C14H16N2O4S/c15-12(17)6-5-10(14(19)20)16-13(18)9-7-21-11-4-2-1-3-8(9)11/h1-4,9-10H,5-7H2,(H2,15,17)(H,16,18)(H,19,20)/t9?,10-/m1/s1. The van der Waals surface area contributed by atoms with Crippen molar-refractivity contribution in [3.05, 3.63) is 29.8 Å². The Balaban J connectivity index is 2.03. The van der Waals surface area contributed by atoms with Crippen LogP contribution in [0.5, 0.6) is 0 Å². The molecular weight excluding hydrogens is 292 g/mol. The summed E-state index contributed by atoms with van der Waals surface area (Å²) in [5.74, 6) is -1.85. The Morgan fingerprint density at radius 1 is 1.38 bits per heavy atom. The van der Waals surface area contributed by atoms with Gasteiger partial charge in [0.15, 0.2) is 0 Å². The number of carboxylic acids is 1. The SMILES string of the molecule is NC(=O)CC[C@@H](NC(=O)C1CSc2ccccc21)C(=O)O. The molecule has 0 fully saturated rings. The third kappa shape index (κ3) is 3.75. The Hall–Kier alpha value is -2.02. The maximum absolute atomic E-state index is 12.3. The van der Waals surface area contributed by atoms with E-state index in [1.54, 1.807) is 11.8 Å². The Morgan fingerprint density at radius 2 is 2.10 bits per heavy atom. The van der Waals surface area contributed by atoms with Gasteiger partial charge in [0.25, 0.3) is 0 Å². The first-order valence-electron chi connectivity index (χ1n) is 6.52. The second-order valence-corrected chi connectivity index (χ2v) is 5.87. The minimum absolute atomic E-state index is 0.00207. The highest BCUT2D eigenvalue weighted by Crippen LogP contribution is 2.39. The number of hydrogen-bond acceptors (Lipinski definition) is 4. The first kappa shape index (κ1) is 15.4. The molecule has 0 radical (unpaired) electrons. The number of fused-ring (bicyclic) bond motifs is 1. The number of hydrogen-bond donors (Lipinski definition) is 3. The van der Waals surface area contributed by atoms with Gasteiger partial charge in [-0.25, -0.2) is 4.79 Å². The lowest BCUT2D eigenvalue weighted by Crippen LogP contribution is -2.43. The first-order valence-corrected chi connectivity index (χ1v) is 7.51. The summed E-state index contributed by atoms with van der Waals surface area (Å²) in [6, 6.07) is 6.47. The molecule has 21 heavy (non-hydrogen) atoms. The summed E-state index contributed by atoms with van der Waals surface area (Å²) in [5, 5.41) is 11.6. The zero-order chi connectivity index (χ0) is 15.4. The Labute approximate surface area is 126 Å². The quantitative estimate of drug-likeness (QED) is 0.717. The zero-order valence-corrected chi connectivity index (χ0v) is 12.1.